The van der Waals surface area contributed by atoms with E-state index in [1.807, 2.05) is 0 Å². The number of amides is 1. The van der Waals surface area contributed by atoms with Gasteiger partial charge in [-0.05, 0) is 19.0 Å². The molecule has 2 atom stereocenters. The van der Waals surface area contributed by atoms with Crippen molar-refractivity contribution >= 4 is 29.1 Å². The minimum atomic E-state index is -0.553. The molecule has 0 aromatic heterocycles. The minimum absolute atomic E-state index is 0.00357. The first-order valence-corrected chi connectivity index (χ1v) is 10.9. The number of halogens is 2. The zero-order valence-electron chi connectivity index (χ0n) is 16.7. The molecule has 1 unspecified atom stereocenters. The Morgan fingerprint density at radius 2 is 2.03 bits per heavy atom. The Bertz CT molecular complexity index is 736. The molecule has 1 aromatic carbocycles. The van der Waals surface area contributed by atoms with Crippen LogP contribution >= 0.6 is 23.2 Å². The molecule has 2 aliphatic rings. The quantitative estimate of drug-likeness (QED) is 0.504. The number of aliphatic hydroxyl groups excluding tert-OH is 2. The number of carbonyl (C=O) groups is 1. The smallest absolute Gasteiger partial charge is 0.255 e. The summed E-state index contributed by atoms with van der Waals surface area (Å²) in [4.78, 5) is 14.9. The van der Waals surface area contributed by atoms with Crippen LogP contribution in [0.2, 0.25) is 10.0 Å². The van der Waals surface area contributed by atoms with Crippen molar-refractivity contribution in [3.05, 3.63) is 21.7 Å². The molecule has 0 spiro atoms. The second-order valence-electron chi connectivity index (χ2n) is 7.39. The van der Waals surface area contributed by atoms with Crippen molar-refractivity contribution in [2.45, 2.75) is 18.9 Å². The van der Waals surface area contributed by atoms with E-state index in [0.29, 0.717) is 64.0 Å². The van der Waals surface area contributed by atoms with Gasteiger partial charge in [-0.3, -0.25) is 9.69 Å². The molecule has 1 amide bonds. The zero-order chi connectivity index (χ0) is 21.5. The van der Waals surface area contributed by atoms with Crippen LogP contribution in [0.25, 0.3) is 0 Å². The summed E-state index contributed by atoms with van der Waals surface area (Å²) in [5.74, 6) is 0.200. The van der Waals surface area contributed by atoms with Gasteiger partial charge in [0, 0.05) is 32.0 Å². The summed E-state index contributed by atoms with van der Waals surface area (Å²) in [7, 11) is 0. The number of nitrogens with zero attached hydrogens (tertiary/aromatic N) is 1. The Labute approximate surface area is 186 Å². The monoisotopic (exact) mass is 462 g/mol. The summed E-state index contributed by atoms with van der Waals surface area (Å²) in [5, 5.41) is 22.6. The second-order valence-corrected chi connectivity index (χ2v) is 8.18. The van der Waals surface area contributed by atoms with Gasteiger partial charge in [0.05, 0.1) is 49.7 Å². The van der Waals surface area contributed by atoms with Crippen molar-refractivity contribution < 1.29 is 29.2 Å². The number of rotatable bonds is 8. The van der Waals surface area contributed by atoms with Gasteiger partial charge in [0.2, 0.25) is 0 Å². The summed E-state index contributed by atoms with van der Waals surface area (Å²) in [5.41, 5.74) is 0.272. The number of fused-ring (bicyclic) bond motifs is 1. The lowest BCUT2D eigenvalue weighted by Crippen LogP contribution is -2.48. The van der Waals surface area contributed by atoms with E-state index < -0.39 is 6.10 Å². The molecule has 2 heterocycles. The average Bonchev–Trinajstić information content (AvgIpc) is 2.99. The Hall–Kier alpha value is -1.29. The molecule has 3 N–H and O–H groups in total. The lowest BCUT2D eigenvalue weighted by atomic mass is 9.93. The van der Waals surface area contributed by atoms with Gasteiger partial charge in [0.1, 0.15) is 5.02 Å². The van der Waals surface area contributed by atoms with E-state index in [2.05, 4.69) is 10.2 Å². The molecule has 30 heavy (non-hydrogen) atoms. The van der Waals surface area contributed by atoms with E-state index in [1.54, 1.807) is 0 Å². The normalized spacial score (nSPS) is 21.9. The fraction of sp³-hybridized carbons (Fsp3) is 0.650. The van der Waals surface area contributed by atoms with Crippen LogP contribution in [-0.4, -0.2) is 86.3 Å². The number of ether oxygens (including phenoxy) is 3. The standard InChI is InChI=1S/C20H28Cl2N2O6/c21-15-10-14(18-19(17(15)22)30-7-1-6-29-18)20(27)23-11-13-2-3-24(12-16(13)26)4-8-28-9-5-25/h10,13,16,25-26H,1-9,11-12H2,(H,23,27)/t13-,16?/m0/s1. The number of hydrogen-bond acceptors (Lipinski definition) is 7. The van der Waals surface area contributed by atoms with Gasteiger partial charge in [-0.15, -0.1) is 0 Å². The highest BCUT2D eigenvalue weighted by Gasteiger charge is 2.29. The third-order valence-corrected chi connectivity index (χ3v) is 6.04. The van der Waals surface area contributed by atoms with Gasteiger partial charge in [-0.2, -0.15) is 0 Å². The molecule has 10 heteroatoms. The third kappa shape index (κ3) is 5.90. The van der Waals surface area contributed by atoms with Crippen molar-refractivity contribution in [1.29, 1.82) is 0 Å². The number of β-amino-alcohol motifs (C(OH)–C–C–N with tert-alkyl or cyclic N) is 1. The molecule has 2 aliphatic heterocycles. The van der Waals surface area contributed by atoms with Crippen LogP contribution in [0, 0.1) is 5.92 Å². The van der Waals surface area contributed by atoms with Gasteiger partial charge in [-0.25, -0.2) is 0 Å². The summed E-state index contributed by atoms with van der Waals surface area (Å²) in [6, 6.07) is 1.48. The van der Waals surface area contributed by atoms with Crippen LogP contribution in [0.15, 0.2) is 6.07 Å². The van der Waals surface area contributed by atoms with E-state index in [9.17, 15) is 9.90 Å². The first-order valence-electron chi connectivity index (χ1n) is 10.2. The maximum absolute atomic E-state index is 12.8. The molecule has 0 saturated carbocycles. The summed E-state index contributed by atoms with van der Waals surface area (Å²) in [6.07, 6.45) is 0.877. The van der Waals surface area contributed by atoms with Gasteiger partial charge >= 0.3 is 0 Å². The van der Waals surface area contributed by atoms with Gasteiger partial charge in [-0.1, -0.05) is 23.2 Å². The highest BCUT2D eigenvalue weighted by atomic mass is 35.5. The fourth-order valence-corrected chi connectivity index (χ4v) is 3.99. The van der Waals surface area contributed by atoms with Crippen LogP contribution in [-0.2, 0) is 4.74 Å². The Balaban J connectivity index is 1.56. The van der Waals surface area contributed by atoms with E-state index in [-0.39, 0.29) is 34.0 Å². The molecule has 1 aromatic rings. The molecule has 0 bridgehead atoms. The number of nitrogens with one attached hydrogen (secondary N) is 1. The van der Waals surface area contributed by atoms with Gasteiger partial charge in [0.15, 0.2) is 11.5 Å². The molecule has 8 nitrogen and oxygen atoms in total. The van der Waals surface area contributed by atoms with E-state index in [0.717, 1.165) is 13.0 Å². The number of piperidine rings is 1. The molecule has 0 radical (unpaired) electrons. The topological polar surface area (TPSA) is 100 Å². The van der Waals surface area contributed by atoms with Crippen molar-refractivity contribution in [1.82, 2.24) is 10.2 Å². The molecule has 3 rings (SSSR count). The molecule has 1 saturated heterocycles. The number of aliphatic hydroxyl groups is 2. The molecule has 168 valence electrons. The van der Waals surface area contributed by atoms with Crippen LogP contribution in [0.3, 0.4) is 0 Å². The maximum atomic E-state index is 12.8. The summed E-state index contributed by atoms with van der Waals surface area (Å²) >= 11 is 12.4. The Morgan fingerprint density at radius 1 is 1.27 bits per heavy atom. The zero-order valence-corrected chi connectivity index (χ0v) is 18.3. The van der Waals surface area contributed by atoms with Gasteiger partial charge < -0.3 is 29.7 Å². The Kier molecular flexibility index (Phi) is 8.85. The lowest BCUT2D eigenvalue weighted by Gasteiger charge is -2.35. The highest BCUT2D eigenvalue weighted by Crippen LogP contribution is 2.44. The second kappa shape index (κ2) is 11.4. The number of hydrogen-bond donors (Lipinski definition) is 3. The predicted octanol–water partition coefficient (Wildman–Crippen LogP) is 1.58. The van der Waals surface area contributed by atoms with Crippen molar-refractivity contribution in [2.24, 2.45) is 5.92 Å². The number of likely N-dealkylation sites (tertiary alicyclic amines) is 1. The maximum Gasteiger partial charge on any atom is 0.255 e. The summed E-state index contributed by atoms with van der Waals surface area (Å²) < 4.78 is 16.6. The third-order valence-electron chi connectivity index (χ3n) is 5.27. The predicted molar refractivity (Wildman–Crippen MR) is 113 cm³/mol. The first-order chi connectivity index (χ1) is 14.5. The van der Waals surface area contributed by atoms with E-state index >= 15 is 0 Å². The van der Waals surface area contributed by atoms with Crippen molar-refractivity contribution in [3.8, 4) is 11.5 Å². The van der Waals surface area contributed by atoms with Crippen LogP contribution < -0.4 is 14.8 Å². The van der Waals surface area contributed by atoms with Crippen molar-refractivity contribution in [3.63, 3.8) is 0 Å². The number of carbonyl (C=O) groups excluding carboxylic acids is 1. The number of benzene rings is 1. The van der Waals surface area contributed by atoms with Crippen molar-refractivity contribution in [2.75, 3.05) is 59.2 Å². The molecular weight excluding hydrogens is 435 g/mol. The van der Waals surface area contributed by atoms with E-state index in [4.69, 9.17) is 42.5 Å². The first kappa shape index (κ1) is 23.4. The van der Waals surface area contributed by atoms with Gasteiger partial charge in [0.25, 0.3) is 5.91 Å². The lowest BCUT2D eigenvalue weighted by molar-refractivity contribution is 0.00568. The minimum Gasteiger partial charge on any atom is -0.489 e. The molecule has 0 aliphatic carbocycles. The van der Waals surface area contributed by atoms with Crippen LogP contribution in [0.4, 0.5) is 0 Å². The average molecular weight is 463 g/mol. The highest BCUT2D eigenvalue weighted by molar-refractivity contribution is 6.43. The summed E-state index contributed by atoms with van der Waals surface area (Å²) in [6.45, 7) is 4.05. The largest absolute Gasteiger partial charge is 0.489 e. The van der Waals surface area contributed by atoms with E-state index in [1.165, 1.54) is 6.07 Å². The van der Waals surface area contributed by atoms with Crippen LogP contribution in [0.5, 0.6) is 11.5 Å². The Morgan fingerprint density at radius 3 is 2.77 bits per heavy atom. The molecular formula is C20H28Cl2N2O6. The molecule has 1 fully saturated rings. The SMILES string of the molecule is O=C(NC[C@@H]1CCN(CCOCCO)CC1O)c1cc(Cl)c(Cl)c2c1OCCCO2. The fourth-order valence-electron chi connectivity index (χ4n) is 3.60. The van der Waals surface area contributed by atoms with Crippen LogP contribution in [0.1, 0.15) is 23.2 Å².